The molecular formula is C37H46F3N5O4S. The number of hydrogen-bond acceptors (Lipinski definition) is 10. The molecule has 0 amide bonds. The highest BCUT2D eigenvalue weighted by Crippen LogP contribution is 2.49. The molecule has 0 aromatic heterocycles. The van der Waals surface area contributed by atoms with E-state index in [0.717, 1.165) is 65.7 Å². The SMILES string of the molecule is CN1CCN(CCCN2c3ccccc3Sc3ccc(C(F)(F)F)cc32)CC1.NCCc1ccc(O)c(O)c1.NCCc1ccc(O)c(O)c1. The Kier molecular flexibility index (Phi) is 14.1. The highest BCUT2D eigenvalue weighted by molar-refractivity contribution is 7.99. The molecule has 0 bridgehead atoms. The number of aromatic hydroxyl groups is 4. The zero-order chi connectivity index (χ0) is 36.3. The van der Waals surface area contributed by atoms with Gasteiger partial charge in [0.05, 0.1) is 16.9 Å². The number of anilines is 2. The van der Waals surface area contributed by atoms with Crippen LogP contribution < -0.4 is 16.4 Å². The Morgan fingerprint density at radius 3 is 1.76 bits per heavy atom. The van der Waals surface area contributed by atoms with Crippen LogP contribution in [0.4, 0.5) is 24.5 Å². The van der Waals surface area contributed by atoms with Crippen molar-refractivity contribution in [2.24, 2.45) is 11.5 Å². The Morgan fingerprint density at radius 2 is 1.22 bits per heavy atom. The molecule has 270 valence electrons. The number of phenols is 4. The van der Waals surface area contributed by atoms with E-state index in [1.807, 2.05) is 24.3 Å². The number of likely N-dealkylation sites (N-methyl/N-ethyl adjacent to an activating group) is 1. The van der Waals surface area contributed by atoms with Crippen molar-refractivity contribution in [1.29, 1.82) is 0 Å². The number of para-hydroxylation sites is 1. The second-order valence-corrected chi connectivity index (χ2v) is 13.2. The molecule has 0 radical (unpaired) electrons. The van der Waals surface area contributed by atoms with Gasteiger partial charge < -0.3 is 46.6 Å². The number of rotatable bonds is 8. The topological polar surface area (TPSA) is 143 Å². The van der Waals surface area contributed by atoms with Crippen molar-refractivity contribution in [3.05, 3.63) is 95.6 Å². The lowest BCUT2D eigenvalue weighted by Gasteiger charge is -2.35. The minimum atomic E-state index is -4.33. The maximum atomic E-state index is 13.3. The van der Waals surface area contributed by atoms with Crippen molar-refractivity contribution in [2.75, 3.05) is 64.3 Å². The van der Waals surface area contributed by atoms with Crippen molar-refractivity contribution in [3.8, 4) is 23.0 Å². The van der Waals surface area contributed by atoms with Crippen LogP contribution in [0, 0.1) is 0 Å². The smallest absolute Gasteiger partial charge is 0.416 e. The van der Waals surface area contributed by atoms with Gasteiger partial charge in [-0.05, 0) is 112 Å². The number of halogens is 3. The minimum Gasteiger partial charge on any atom is -0.504 e. The summed E-state index contributed by atoms with van der Waals surface area (Å²) in [6, 6.07) is 21.5. The molecule has 2 aliphatic rings. The Bertz CT molecular complexity index is 1630. The lowest BCUT2D eigenvalue weighted by atomic mass is 10.1. The molecule has 1 fully saturated rings. The Balaban J connectivity index is 0.000000209. The average molecular weight is 714 g/mol. The molecule has 50 heavy (non-hydrogen) atoms. The zero-order valence-electron chi connectivity index (χ0n) is 28.1. The summed E-state index contributed by atoms with van der Waals surface area (Å²) in [7, 11) is 2.13. The van der Waals surface area contributed by atoms with E-state index in [1.165, 1.54) is 36.4 Å². The monoisotopic (exact) mass is 713 g/mol. The van der Waals surface area contributed by atoms with Gasteiger partial charge in [0, 0.05) is 42.5 Å². The van der Waals surface area contributed by atoms with E-state index in [1.54, 1.807) is 30.0 Å². The molecule has 9 nitrogen and oxygen atoms in total. The lowest BCUT2D eigenvalue weighted by molar-refractivity contribution is -0.137. The standard InChI is InChI=1S/C21H24F3N3S.2C8H11NO2/c1-25-11-13-26(14-12-25)9-4-10-27-17-5-2-3-6-19(17)28-20-8-7-16(15-18(20)27)21(22,23)24;2*9-4-3-6-1-2-7(10)8(11)5-6/h2-3,5-8,15H,4,9-14H2,1H3;2*1-2,5,10-11H,3-4,9H2. The quantitative estimate of drug-likeness (QED) is 0.118. The van der Waals surface area contributed by atoms with Crippen molar-refractivity contribution in [2.45, 2.75) is 35.2 Å². The minimum absolute atomic E-state index is 0.0871. The number of nitrogens with zero attached hydrogens (tertiary/aromatic N) is 3. The van der Waals surface area contributed by atoms with Crippen LogP contribution >= 0.6 is 11.8 Å². The second-order valence-electron chi connectivity index (χ2n) is 12.1. The molecule has 2 aliphatic heterocycles. The van der Waals surface area contributed by atoms with Gasteiger partial charge in [-0.2, -0.15) is 13.2 Å². The van der Waals surface area contributed by atoms with Crippen LogP contribution in [-0.2, 0) is 19.0 Å². The molecule has 13 heteroatoms. The van der Waals surface area contributed by atoms with Crippen LogP contribution in [0.1, 0.15) is 23.1 Å². The van der Waals surface area contributed by atoms with Gasteiger partial charge >= 0.3 is 6.18 Å². The molecule has 6 rings (SSSR count). The number of nitrogens with two attached hydrogens (primary N) is 2. The summed E-state index contributed by atoms with van der Waals surface area (Å²) in [5.41, 5.74) is 13.5. The highest BCUT2D eigenvalue weighted by atomic mass is 32.2. The molecule has 8 N–H and O–H groups in total. The molecule has 4 aromatic rings. The number of piperazine rings is 1. The van der Waals surface area contributed by atoms with E-state index in [2.05, 4.69) is 21.7 Å². The van der Waals surface area contributed by atoms with E-state index in [9.17, 15) is 13.2 Å². The van der Waals surface area contributed by atoms with Crippen LogP contribution in [-0.4, -0.2) is 89.6 Å². The number of hydrogen-bond donors (Lipinski definition) is 6. The summed E-state index contributed by atoms with van der Waals surface area (Å²) in [6.45, 7) is 7.01. The van der Waals surface area contributed by atoms with E-state index in [4.69, 9.17) is 31.9 Å². The normalized spacial score (nSPS) is 14.5. The summed E-state index contributed by atoms with van der Waals surface area (Å²) in [6.07, 6.45) is -1.98. The number of alkyl halides is 3. The van der Waals surface area contributed by atoms with Gasteiger partial charge in [0.15, 0.2) is 23.0 Å². The van der Waals surface area contributed by atoms with Crippen LogP contribution in [0.2, 0.25) is 0 Å². The predicted molar refractivity (Wildman–Crippen MR) is 193 cm³/mol. The van der Waals surface area contributed by atoms with Gasteiger partial charge in [0.1, 0.15) is 0 Å². The van der Waals surface area contributed by atoms with E-state index in [-0.39, 0.29) is 23.0 Å². The predicted octanol–water partition coefficient (Wildman–Crippen LogP) is 6.14. The number of phenolic OH excluding ortho intramolecular Hbond substituents is 4. The third-order valence-corrected chi connectivity index (χ3v) is 9.48. The maximum Gasteiger partial charge on any atom is 0.416 e. The summed E-state index contributed by atoms with van der Waals surface area (Å²) in [5.74, 6) is -0.358. The van der Waals surface area contributed by atoms with Crippen LogP contribution in [0.3, 0.4) is 0 Å². The summed E-state index contributed by atoms with van der Waals surface area (Å²) in [5, 5.41) is 35.9. The highest BCUT2D eigenvalue weighted by Gasteiger charge is 2.33. The van der Waals surface area contributed by atoms with Gasteiger partial charge in [-0.3, -0.25) is 0 Å². The number of fused-ring (bicyclic) bond motifs is 2. The Labute approximate surface area is 295 Å². The first-order valence-electron chi connectivity index (χ1n) is 16.5. The van der Waals surface area contributed by atoms with E-state index >= 15 is 0 Å². The summed E-state index contributed by atoms with van der Waals surface area (Å²) >= 11 is 1.54. The fraction of sp³-hybridized carbons (Fsp3) is 0.351. The van der Waals surface area contributed by atoms with Gasteiger partial charge in [0.2, 0.25) is 0 Å². The Hall–Kier alpha value is -4.14. The average Bonchev–Trinajstić information content (AvgIpc) is 3.09. The van der Waals surface area contributed by atoms with Crippen molar-refractivity contribution in [3.63, 3.8) is 0 Å². The maximum absolute atomic E-state index is 13.3. The fourth-order valence-corrected chi connectivity index (χ4v) is 6.63. The fourth-order valence-electron chi connectivity index (χ4n) is 5.55. The molecule has 0 unspecified atom stereocenters. The molecule has 0 aliphatic carbocycles. The summed E-state index contributed by atoms with van der Waals surface area (Å²) < 4.78 is 39.8. The largest absolute Gasteiger partial charge is 0.504 e. The summed E-state index contributed by atoms with van der Waals surface area (Å²) in [4.78, 5) is 8.80. The molecule has 0 spiro atoms. The molecule has 0 saturated carbocycles. The van der Waals surface area contributed by atoms with Crippen LogP contribution in [0.15, 0.2) is 88.7 Å². The molecule has 1 saturated heterocycles. The first-order valence-corrected chi connectivity index (χ1v) is 17.3. The van der Waals surface area contributed by atoms with Gasteiger partial charge in [-0.25, -0.2) is 0 Å². The third kappa shape index (κ3) is 10.9. The van der Waals surface area contributed by atoms with Crippen molar-refractivity contribution < 1.29 is 33.6 Å². The van der Waals surface area contributed by atoms with E-state index < -0.39 is 11.7 Å². The molecule has 2 heterocycles. The third-order valence-electron chi connectivity index (χ3n) is 8.35. The van der Waals surface area contributed by atoms with Gasteiger partial charge in [-0.1, -0.05) is 36.0 Å². The molecular weight excluding hydrogens is 667 g/mol. The molecule has 0 atom stereocenters. The number of benzene rings is 4. The van der Waals surface area contributed by atoms with Crippen LogP contribution in [0.5, 0.6) is 23.0 Å². The van der Waals surface area contributed by atoms with Gasteiger partial charge in [0.25, 0.3) is 0 Å². The van der Waals surface area contributed by atoms with Gasteiger partial charge in [-0.15, -0.1) is 0 Å². The lowest BCUT2D eigenvalue weighted by Crippen LogP contribution is -2.45. The zero-order valence-corrected chi connectivity index (χ0v) is 28.9. The first-order chi connectivity index (χ1) is 23.9. The second kappa shape index (κ2) is 18.2. The van der Waals surface area contributed by atoms with E-state index in [0.29, 0.717) is 38.2 Å². The first kappa shape index (κ1) is 38.7. The molecule has 4 aromatic carbocycles. The van der Waals surface area contributed by atoms with Crippen molar-refractivity contribution in [1.82, 2.24) is 9.80 Å². The Morgan fingerprint density at radius 1 is 0.660 bits per heavy atom. The van der Waals surface area contributed by atoms with Crippen LogP contribution in [0.25, 0.3) is 0 Å². The van der Waals surface area contributed by atoms with Crippen molar-refractivity contribution >= 4 is 23.1 Å².